The van der Waals surface area contributed by atoms with Crippen LogP contribution in [0.4, 0.5) is 0 Å². The zero-order chi connectivity index (χ0) is 13.8. The fourth-order valence-electron chi connectivity index (χ4n) is 2.90. The molecule has 1 aromatic heterocycles. The lowest BCUT2D eigenvalue weighted by Gasteiger charge is -2.12. The number of aryl methyl sites for hydroxylation is 1. The molecule has 0 spiro atoms. The minimum atomic E-state index is 0.0840. The zero-order valence-electron chi connectivity index (χ0n) is 11.6. The van der Waals surface area contributed by atoms with Gasteiger partial charge in [-0.05, 0) is 43.0 Å². The molecule has 1 aromatic carbocycles. The second-order valence-electron chi connectivity index (χ2n) is 5.41. The number of aromatic nitrogens is 1. The summed E-state index contributed by atoms with van der Waals surface area (Å²) in [5, 5.41) is 3.60. The fourth-order valence-corrected chi connectivity index (χ4v) is 2.90. The van der Waals surface area contributed by atoms with Crippen molar-refractivity contribution in [1.82, 2.24) is 9.88 Å². The fraction of sp³-hybridized carbons (Fsp3) is 0.353. The van der Waals surface area contributed by atoms with Crippen molar-refractivity contribution in [3.05, 3.63) is 70.1 Å². The summed E-state index contributed by atoms with van der Waals surface area (Å²) in [6.45, 7) is 1.74. The van der Waals surface area contributed by atoms with Gasteiger partial charge in [0.15, 0.2) is 0 Å². The molecule has 0 atom stereocenters. The molecule has 1 N–H and O–H groups in total. The van der Waals surface area contributed by atoms with E-state index in [1.54, 1.807) is 16.7 Å². The number of hydrogen-bond acceptors (Lipinski definition) is 2. The molecule has 20 heavy (non-hydrogen) atoms. The van der Waals surface area contributed by atoms with Gasteiger partial charge in [-0.2, -0.15) is 0 Å². The summed E-state index contributed by atoms with van der Waals surface area (Å²) in [4.78, 5) is 11.6. The summed E-state index contributed by atoms with van der Waals surface area (Å²) < 4.78 is 1.77. The SMILES string of the molecule is O=c1ccccn1CCCNC1Cc2ccccc2C1. The van der Waals surface area contributed by atoms with E-state index in [-0.39, 0.29) is 5.56 Å². The Bertz CT molecular complexity index is 608. The molecule has 0 radical (unpaired) electrons. The molecule has 1 aliphatic rings. The Morgan fingerprint density at radius 3 is 2.45 bits per heavy atom. The van der Waals surface area contributed by atoms with E-state index >= 15 is 0 Å². The minimum Gasteiger partial charge on any atom is -0.315 e. The van der Waals surface area contributed by atoms with E-state index in [0.717, 1.165) is 32.4 Å². The monoisotopic (exact) mass is 268 g/mol. The number of fused-ring (bicyclic) bond motifs is 1. The third kappa shape index (κ3) is 2.99. The van der Waals surface area contributed by atoms with Crippen molar-refractivity contribution in [1.29, 1.82) is 0 Å². The molecular formula is C17H20N2O. The molecule has 0 amide bonds. The highest BCUT2D eigenvalue weighted by Gasteiger charge is 2.19. The third-order valence-electron chi connectivity index (χ3n) is 3.96. The zero-order valence-corrected chi connectivity index (χ0v) is 11.6. The smallest absolute Gasteiger partial charge is 0.250 e. The summed E-state index contributed by atoms with van der Waals surface area (Å²) in [6, 6.07) is 14.5. The van der Waals surface area contributed by atoms with Crippen LogP contribution in [0.1, 0.15) is 17.5 Å². The van der Waals surface area contributed by atoms with Crippen LogP contribution in [-0.4, -0.2) is 17.2 Å². The molecule has 0 saturated heterocycles. The van der Waals surface area contributed by atoms with E-state index in [0.29, 0.717) is 6.04 Å². The number of rotatable bonds is 5. The Kier molecular flexibility index (Phi) is 3.97. The summed E-state index contributed by atoms with van der Waals surface area (Å²) >= 11 is 0. The molecular weight excluding hydrogens is 248 g/mol. The lowest BCUT2D eigenvalue weighted by Crippen LogP contribution is -2.31. The van der Waals surface area contributed by atoms with Gasteiger partial charge in [-0.3, -0.25) is 4.79 Å². The number of hydrogen-bond donors (Lipinski definition) is 1. The van der Waals surface area contributed by atoms with Crippen LogP contribution >= 0.6 is 0 Å². The highest BCUT2D eigenvalue weighted by Crippen LogP contribution is 2.21. The lowest BCUT2D eigenvalue weighted by atomic mass is 10.1. The maximum absolute atomic E-state index is 11.6. The first-order valence-electron chi connectivity index (χ1n) is 7.28. The van der Waals surface area contributed by atoms with E-state index in [2.05, 4.69) is 29.6 Å². The highest BCUT2D eigenvalue weighted by molar-refractivity contribution is 5.33. The van der Waals surface area contributed by atoms with Crippen LogP contribution < -0.4 is 10.9 Å². The number of nitrogens with one attached hydrogen (secondary N) is 1. The molecule has 3 heteroatoms. The van der Waals surface area contributed by atoms with Crippen molar-refractivity contribution in [2.45, 2.75) is 31.8 Å². The van der Waals surface area contributed by atoms with Crippen LogP contribution in [0.3, 0.4) is 0 Å². The van der Waals surface area contributed by atoms with Crippen LogP contribution in [0.15, 0.2) is 53.5 Å². The average molecular weight is 268 g/mol. The maximum Gasteiger partial charge on any atom is 0.250 e. The van der Waals surface area contributed by atoms with Gasteiger partial charge in [0.1, 0.15) is 0 Å². The third-order valence-corrected chi connectivity index (χ3v) is 3.96. The highest BCUT2D eigenvalue weighted by atomic mass is 16.1. The van der Waals surface area contributed by atoms with Gasteiger partial charge in [-0.15, -0.1) is 0 Å². The number of benzene rings is 1. The molecule has 3 nitrogen and oxygen atoms in total. The topological polar surface area (TPSA) is 34.0 Å². The van der Waals surface area contributed by atoms with Crippen molar-refractivity contribution < 1.29 is 0 Å². The second kappa shape index (κ2) is 6.06. The Labute approximate surface area is 119 Å². The van der Waals surface area contributed by atoms with E-state index in [1.165, 1.54) is 11.1 Å². The minimum absolute atomic E-state index is 0.0840. The van der Waals surface area contributed by atoms with Crippen molar-refractivity contribution in [3.8, 4) is 0 Å². The maximum atomic E-state index is 11.6. The summed E-state index contributed by atoms with van der Waals surface area (Å²) in [5.74, 6) is 0. The van der Waals surface area contributed by atoms with Crippen LogP contribution in [0.5, 0.6) is 0 Å². The van der Waals surface area contributed by atoms with Gasteiger partial charge in [-0.1, -0.05) is 30.3 Å². The van der Waals surface area contributed by atoms with Crippen molar-refractivity contribution in [2.75, 3.05) is 6.54 Å². The molecule has 0 fully saturated rings. The Morgan fingerprint density at radius 2 is 1.75 bits per heavy atom. The Balaban J connectivity index is 1.44. The quantitative estimate of drug-likeness (QED) is 0.842. The molecule has 3 rings (SSSR count). The second-order valence-corrected chi connectivity index (χ2v) is 5.41. The predicted molar refractivity (Wildman–Crippen MR) is 81.0 cm³/mol. The molecule has 0 aliphatic heterocycles. The Hall–Kier alpha value is -1.87. The lowest BCUT2D eigenvalue weighted by molar-refractivity contribution is 0.498. The molecule has 1 aliphatic carbocycles. The van der Waals surface area contributed by atoms with Crippen LogP contribution in [0, 0.1) is 0 Å². The van der Waals surface area contributed by atoms with Gasteiger partial charge < -0.3 is 9.88 Å². The molecule has 0 saturated carbocycles. The van der Waals surface area contributed by atoms with Crippen molar-refractivity contribution in [3.63, 3.8) is 0 Å². The molecule has 104 valence electrons. The first-order valence-corrected chi connectivity index (χ1v) is 7.28. The van der Waals surface area contributed by atoms with Gasteiger partial charge in [0.05, 0.1) is 0 Å². The van der Waals surface area contributed by atoms with Gasteiger partial charge in [0, 0.05) is 24.8 Å². The van der Waals surface area contributed by atoms with E-state index < -0.39 is 0 Å². The summed E-state index contributed by atoms with van der Waals surface area (Å²) in [5.41, 5.74) is 3.04. The summed E-state index contributed by atoms with van der Waals surface area (Å²) in [6.07, 6.45) is 5.09. The Morgan fingerprint density at radius 1 is 1.05 bits per heavy atom. The van der Waals surface area contributed by atoms with Crippen molar-refractivity contribution in [2.24, 2.45) is 0 Å². The molecule has 0 bridgehead atoms. The molecule has 2 aromatic rings. The molecule has 1 heterocycles. The summed E-state index contributed by atoms with van der Waals surface area (Å²) in [7, 11) is 0. The van der Waals surface area contributed by atoms with E-state index in [9.17, 15) is 4.79 Å². The van der Waals surface area contributed by atoms with Crippen LogP contribution in [0.25, 0.3) is 0 Å². The standard InChI is InChI=1S/C17H20N2O/c20-17-8-3-4-10-19(17)11-5-9-18-16-12-14-6-1-2-7-15(14)13-16/h1-4,6-8,10,16,18H,5,9,11-13H2. The van der Waals surface area contributed by atoms with Crippen molar-refractivity contribution >= 4 is 0 Å². The normalized spacial score (nSPS) is 14.4. The van der Waals surface area contributed by atoms with Gasteiger partial charge in [-0.25, -0.2) is 0 Å². The largest absolute Gasteiger partial charge is 0.315 e. The van der Waals surface area contributed by atoms with E-state index in [4.69, 9.17) is 0 Å². The number of pyridine rings is 1. The number of nitrogens with zero attached hydrogens (tertiary/aromatic N) is 1. The van der Waals surface area contributed by atoms with Gasteiger partial charge in [0.25, 0.3) is 0 Å². The van der Waals surface area contributed by atoms with Gasteiger partial charge >= 0.3 is 0 Å². The van der Waals surface area contributed by atoms with Gasteiger partial charge in [0.2, 0.25) is 5.56 Å². The average Bonchev–Trinajstić information content (AvgIpc) is 2.88. The molecule has 0 unspecified atom stereocenters. The first-order chi connectivity index (χ1) is 9.83. The van der Waals surface area contributed by atoms with E-state index in [1.807, 2.05) is 12.3 Å². The van der Waals surface area contributed by atoms with Crippen LogP contribution in [0.2, 0.25) is 0 Å². The van der Waals surface area contributed by atoms with Crippen LogP contribution in [-0.2, 0) is 19.4 Å². The first kappa shape index (κ1) is 13.1. The predicted octanol–water partition coefficient (Wildman–Crippen LogP) is 2.00.